The third-order valence-electron chi connectivity index (χ3n) is 3.98. The maximum atomic E-state index is 13.0. The van der Waals surface area contributed by atoms with E-state index in [9.17, 15) is 4.39 Å². The smallest absolute Gasteiger partial charge is 0.226 e. The molecule has 6 heteroatoms. The van der Waals surface area contributed by atoms with Gasteiger partial charge in [-0.05, 0) is 24.3 Å². The molecule has 2 heterocycles. The van der Waals surface area contributed by atoms with Gasteiger partial charge in [-0.25, -0.2) is 9.37 Å². The summed E-state index contributed by atoms with van der Waals surface area (Å²) in [6.07, 6.45) is 4.28. The van der Waals surface area contributed by atoms with Gasteiger partial charge in [0.05, 0.1) is 11.9 Å². The highest BCUT2D eigenvalue weighted by Gasteiger charge is 2.19. The Morgan fingerprint density at radius 2 is 1.96 bits per heavy atom. The van der Waals surface area contributed by atoms with Crippen molar-refractivity contribution in [2.24, 2.45) is 0 Å². The predicted molar refractivity (Wildman–Crippen MR) is 94.6 cm³/mol. The number of aromatic amines is 1. The zero-order valence-electron chi connectivity index (χ0n) is 14.8. The number of benzene rings is 1. The van der Waals surface area contributed by atoms with Crippen molar-refractivity contribution >= 4 is 0 Å². The molecule has 3 aromatic rings. The largest absolute Gasteiger partial charge is 0.444 e. The second kappa shape index (κ2) is 7.19. The van der Waals surface area contributed by atoms with Crippen LogP contribution in [0.2, 0.25) is 0 Å². The fourth-order valence-corrected chi connectivity index (χ4v) is 2.68. The summed E-state index contributed by atoms with van der Waals surface area (Å²) < 4.78 is 18.4. The molecule has 3 rings (SSSR count). The second-order valence-corrected chi connectivity index (χ2v) is 7.10. The van der Waals surface area contributed by atoms with Crippen LogP contribution in [0.25, 0.3) is 11.5 Å². The van der Waals surface area contributed by atoms with Gasteiger partial charge in [-0.2, -0.15) is 5.10 Å². The third kappa shape index (κ3) is 4.33. The van der Waals surface area contributed by atoms with Crippen LogP contribution in [0.1, 0.15) is 37.7 Å². The summed E-state index contributed by atoms with van der Waals surface area (Å²) in [6.45, 7) is 8.03. The summed E-state index contributed by atoms with van der Waals surface area (Å²) in [5.74, 6) is 0.244. The molecule has 132 valence electrons. The van der Waals surface area contributed by atoms with Crippen LogP contribution >= 0.6 is 0 Å². The molecule has 1 aromatic carbocycles. The van der Waals surface area contributed by atoms with E-state index in [1.165, 1.54) is 17.7 Å². The Labute approximate surface area is 146 Å². The Morgan fingerprint density at radius 1 is 1.20 bits per heavy atom. The topological polar surface area (TPSA) is 66.7 Å². The van der Waals surface area contributed by atoms with Gasteiger partial charge in [0.1, 0.15) is 12.1 Å². The van der Waals surface area contributed by atoms with Gasteiger partial charge in [0.15, 0.2) is 0 Å². The van der Waals surface area contributed by atoms with Crippen LogP contribution in [0.4, 0.5) is 4.39 Å². The maximum Gasteiger partial charge on any atom is 0.226 e. The summed E-state index contributed by atoms with van der Waals surface area (Å²) in [5.41, 5.74) is 4.02. The standard InChI is InChI=1S/C19H23FN4O/c1-19(2,3)17-14(11-22-24-17)10-21-9-8-16-12-25-18(23-16)13-4-6-15(20)7-5-13/h4-7,11-12,21H,8-10H2,1-3H3,(H,22,24). The van der Waals surface area contributed by atoms with E-state index >= 15 is 0 Å². The molecule has 0 amide bonds. The first-order valence-electron chi connectivity index (χ1n) is 8.37. The second-order valence-electron chi connectivity index (χ2n) is 7.10. The van der Waals surface area contributed by atoms with E-state index in [0.717, 1.165) is 36.5 Å². The highest BCUT2D eigenvalue weighted by atomic mass is 19.1. The number of oxazole rings is 1. The van der Waals surface area contributed by atoms with Crippen molar-refractivity contribution in [1.82, 2.24) is 20.5 Å². The Bertz CT molecular complexity index is 815. The fourth-order valence-electron chi connectivity index (χ4n) is 2.68. The summed E-state index contributed by atoms with van der Waals surface area (Å²) in [6, 6.07) is 6.13. The molecule has 0 saturated carbocycles. The summed E-state index contributed by atoms with van der Waals surface area (Å²) in [7, 11) is 0. The molecular weight excluding hydrogens is 319 g/mol. The first-order chi connectivity index (χ1) is 11.9. The molecule has 0 aliphatic carbocycles. The number of aromatic nitrogens is 3. The Kier molecular flexibility index (Phi) is 4.99. The van der Waals surface area contributed by atoms with Gasteiger partial charge in [0.25, 0.3) is 0 Å². The van der Waals surface area contributed by atoms with Gasteiger partial charge in [-0.1, -0.05) is 20.8 Å². The molecular formula is C19H23FN4O. The molecule has 5 nitrogen and oxygen atoms in total. The van der Waals surface area contributed by atoms with Crippen molar-refractivity contribution in [2.75, 3.05) is 6.54 Å². The van der Waals surface area contributed by atoms with Crippen LogP contribution in [0.5, 0.6) is 0 Å². The van der Waals surface area contributed by atoms with Gasteiger partial charge in [-0.15, -0.1) is 0 Å². The molecule has 25 heavy (non-hydrogen) atoms. The molecule has 0 bridgehead atoms. The van der Waals surface area contributed by atoms with Gasteiger partial charge in [-0.3, -0.25) is 5.10 Å². The molecule has 0 aliphatic rings. The monoisotopic (exact) mass is 342 g/mol. The zero-order chi connectivity index (χ0) is 17.9. The van der Waals surface area contributed by atoms with Crippen LogP contribution in [-0.2, 0) is 18.4 Å². The van der Waals surface area contributed by atoms with Crippen LogP contribution in [0.15, 0.2) is 41.1 Å². The summed E-state index contributed by atoms with van der Waals surface area (Å²) in [5, 5.41) is 10.6. The van der Waals surface area contributed by atoms with E-state index in [-0.39, 0.29) is 11.2 Å². The van der Waals surface area contributed by atoms with Crippen molar-refractivity contribution in [2.45, 2.75) is 39.2 Å². The molecule has 0 aliphatic heterocycles. The lowest BCUT2D eigenvalue weighted by molar-refractivity contribution is 0.553. The summed E-state index contributed by atoms with van der Waals surface area (Å²) >= 11 is 0. The molecule has 0 radical (unpaired) electrons. The lowest BCUT2D eigenvalue weighted by Gasteiger charge is -2.18. The molecule has 0 fully saturated rings. The molecule has 2 N–H and O–H groups in total. The lowest BCUT2D eigenvalue weighted by atomic mass is 9.89. The van der Waals surface area contributed by atoms with Crippen molar-refractivity contribution in [3.63, 3.8) is 0 Å². The highest BCUT2D eigenvalue weighted by Crippen LogP contribution is 2.23. The number of nitrogens with one attached hydrogen (secondary N) is 2. The number of hydrogen-bond donors (Lipinski definition) is 2. The molecule has 0 atom stereocenters. The Balaban J connectivity index is 1.52. The number of hydrogen-bond acceptors (Lipinski definition) is 4. The maximum absolute atomic E-state index is 13.0. The quantitative estimate of drug-likeness (QED) is 0.668. The average Bonchev–Trinajstić information content (AvgIpc) is 3.21. The molecule has 0 saturated heterocycles. The predicted octanol–water partition coefficient (Wildman–Crippen LogP) is 3.83. The average molecular weight is 342 g/mol. The summed E-state index contributed by atoms with van der Waals surface area (Å²) in [4.78, 5) is 4.45. The Morgan fingerprint density at radius 3 is 2.68 bits per heavy atom. The van der Waals surface area contributed by atoms with Crippen molar-refractivity contribution in [1.29, 1.82) is 0 Å². The number of halogens is 1. The van der Waals surface area contributed by atoms with Crippen LogP contribution in [-0.4, -0.2) is 21.7 Å². The van der Waals surface area contributed by atoms with Gasteiger partial charge in [0, 0.05) is 41.7 Å². The van der Waals surface area contributed by atoms with E-state index in [2.05, 4.69) is 41.3 Å². The van der Waals surface area contributed by atoms with E-state index < -0.39 is 0 Å². The van der Waals surface area contributed by atoms with Crippen molar-refractivity contribution < 1.29 is 8.81 Å². The number of nitrogens with zero attached hydrogens (tertiary/aromatic N) is 2. The minimum Gasteiger partial charge on any atom is -0.444 e. The molecule has 0 unspecified atom stereocenters. The van der Waals surface area contributed by atoms with Crippen molar-refractivity contribution in [3.8, 4) is 11.5 Å². The molecule has 2 aromatic heterocycles. The number of rotatable bonds is 6. The molecule has 0 spiro atoms. The van der Waals surface area contributed by atoms with Crippen LogP contribution in [0.3, 0.4) is 0 Å². The van der Waals surface area contributed by atoms with Crippen LogP contribution in [0, 0.1) is 5.82 Å². The van der Waals surface area contributed by atoms with Crippen molar-refractivity contribution in [3.05, 3.63) is 59.5 Å². The highest BCUT2D eigenvalue weighted by molar-refractivity contribution is 5.52. The van der Waals surface area contributed by atoms with Gasteiger partial charge < -0.3 is 9.73 Å². The first-order valence-corrected chi connectivity index (χ1v) is 8.37. The lowest BCUT2D eigenvalue weighted by Crippen LogP contribution is -2.20. The first kappa shape index (κ1) is 17.4. The van der Waals surface area contributed by atoms with E-state index in [0.29, 0.717) is 5.89 Å². The minimum atomic E-state index is -0.270. The normalized spacial score (nSPS) is 11.8. The van der Waals surface area contributed by atoms with Gasteiger partial charge in [0.2, 0.25) is 5.89 Å². The van der Waals surface area contributed by atoms with E-state index in [4.69, 9.17) is 4.42 Å². The van der Waals surface area contributed by atoms with E-state index in [1.54, 1.807) is 18.4 Å². The van der Waals surface area contributed by atoms with Gasteiger partial charge >= 0.3 is 0 Å². The van der Waals surface area contributed by atoms with Crippen LogP contribution < -0.4 is 5.32 Å². The Hall–Kier alpha value is -2.47. The van der Waals surface area contributed by atoms with E-state index in [1.807, 2.05) is 6.20 Å². The third-order valence-corrected chi connectivity index (χ3v) is 3.98. The number of H-pyrrole nitrogens is 1. The zero-order valence-corrected chi connectivity index (χ0v) is 14.8. The SMILES string of the molecule is CC(C)(C)c1[nH]ncc1CNCCc1coc(-c2ccc(F)cc2)n1. The fraction of sp³-hybridized carbons (Fsp3) is 0.368. The minimum absolute atomic E-state index is 0.0453.